The Hall–Kier alpha value is -4.34. The first-order chi connectivity index (χ1) is 18.5. The van der Waals surface area contributed by atoms with Crippen molar-refractivity contribution in [3.8, 4) is 11.3 Å². The van der Waals surface area contributed by atoms with Crippen LogP contribution in [0.15, 0.2) is 77.9 Å². The summed E-state index contributed by atoms with van der Waals surface area (Å²) in [6, 6.07) is 18.8. The highest BCUT2D eigenvalue weighted by Gasteiger charge is 2.21. The molecule has 0 bridgehead atoms. The van der Waals surface area contributed by atoms with Gasteiger partial charge in [-0.1, -0.05) is 49.4 Å². The number of likely N-dealkylation sites (N-methyl/N-ethyl adjacent to an activating group) is 1. The lowest BCUT2D eigenvalue weighted by Gasteiger charge is -2.26. The summed E-state index contributed by atoms with van der Waals surface area (Å²) < 4.78 is 1.44. The standard InChI is InChI=1S/C29H30N6O3/c1-3-34(12-13-36)17-25(20-9-5-4-6-10-20)31-28(37)24-15-27-29(38)32-26(18-35(27)33-24)21-14-22-19(2)8-7-11-23(22)30-16-21/h4-11,14-16,18,25,36H,3,12-13,17H2,1-2H3,(H,31,37)(H,32,38). The lowest BCUT2D eigenvalue weighted by atomic mass is 10.1. The SMILES string of the molecule is CCN(CCO)CC(NC(=O)c1cc2c(=O)[nH]c(-c3cnc4cccc(C)c4c3)cn2n1)c1ccccc1. The second-order valence-corrected chi connectivity index (χ2v) is 9.28. The van der Waals surface area contributed by atoms with Gasteiger partial charge in [0.1, 0.15) is 5.52 Å². The molecule has 9 nitrogen and oxygen atoms in total. The first-order valence-corrected chi connectivity index (χ1v) is 12.6. The van der Waals surface area contributed by atoms with Crippen molar-refractivity contribution in [3.05, 3.63) is 100 Å². The van der Waals surface area contributed by atoms with Crippen LogP contribution in [0.25, 0.3) is 27.7 Å². The molecule has 194 valence electrons. The maximum atomic E-state index is 13.3. The highest BCUT2D eigenvalue weighted by atomic mass is 16.3. The van der Waals surface area contributed by atoms with E-state index in [-0.39, 0.29) is 35.3 Å². The third-order valence-electron chi connectivity index (χ3n) is 6.77. The number of benzene rings is 2. The van der Waals surface area contributed by atoms with E-state index in [1.165, 1.54) is 10.6 Å². The van der Waals surface area contributed by atoms with Crippen molar-refractivity contribution in [3.63, 3.8) is 0 Å². The van der Waals surface area contributed by atoms with Gasteiger partial charge >= 0.3 is 0 Å². The molecule has 3 heterocycles. The number of hydrogen-bond acceptors (Lipinski definition) is 6. The van der Waals surface area contributed by atoms with E-state index in [4.69, 9.17) is 0 Å². The number of aromatic nitrogens is 4. The molecule has 0 fully saturated rings. The zero-order chi connectivity index (χ0) is 26.6. The number of carbonyl (C=O) groups excluding carboxylic acids is 1. The van der Waals surface area contributed by atoms with Crippen molar-refractivity contribution in [2.45, 2.75) is 19.9 Å². The number of amides is 1. The third-order valence-corrected chi connectivity index (χ3v) is 6.77. The van der Waals surface area contributed by atoms with Gasteiger partial charge in [-0.25, -0.2) is 4.52 Å². The molecule has 9 heteroatoms. The van der Waals surface area contributed by atoms with Crippen molar-refractivity contribution in [2.24, 2.45) is 0 Å². The monoisotopic (exact) mass is 510 g/mol. The summed E-state index contributed by atoms with van der Waals surface area (Å²) in [5.74, 6) is -0.383. The Morgan fingerprint density at radius 3 is 2.74 bits per heavy atom. The zero-order valence-electron chi connectivity index (χ0n) is 21.4. The number of nitrogens with one attached hydrogen (secondary N) is 2. The molecule has 0 radical (unpaired) electrons. The number of pyridine rings is 1. The Labute approximate surface area is 219 Å². The average Bonchev–Trinajstić information content (AvgIpc) is 3.38. The van der Waals surface area contributed by atoms with Crippen LogP contribution in [0.2, 0.25) is 0 Å². The maximum Gasteiger partial charge on any atom is 0.274 e. The van der Waals surface area contributed by atoms with Gasteiger partial charge in [0.2, 0.25) is 0 Å². The van der Waals surface area contributed by atoms with Crippen LogP contribution in [-0.4, -0.2) is 61.7 Å². The van der Waals surface area contributed by atoms with Gasteiger partial charge in [-0.2, -0.15) is 5.10 Å². The van der Waals surface area contributed by atoms with Gasteiger partial charge < -0.3 is 15.4 Å². The van der Waals surface area contributed by atoms with Gasteiger partial charge in [-0.05, 0) is 36.7 Å². The van der Waals surface area contributed by atoms with Crippen molar-refractivity contribution in [2.75, 3.05) is 26.2 Å². The highest BCUT2D eigenvalue weighted by Crippen LogP contribution is 2.23. The Morgan fingerprint density at radius 2 is 1.97 bits per heavy atom. The molecule has 2 aromatic carbocycles. The van der Waals surface area contributed by atoms with E-state index in [2.05, 4.69) is 25.3 Å². The molecular formula is C29H30N6O3. The molecule has 5 rings (SSSR count). The van der Waals surface area contributed by atoms with Crippen LogP contribution in [-0.2, 0) is 0 Å². The van der Waals surface area contributed by atoms with E-state index < -0.39 is 0 Å². The number of aliphatic hydroxyl groups is 1. The largest absolute Gasteiger partial charge is 0.395 e. The lowest BCUT2D eigenvalue weighted by molar-refractivity contribution is 0.0916. The first-order valence-electron chi connectivity index (χ1n) is 12.6. The average molecular weight is 511 g/mol. The van der Waals surface area contributed by atoms with Crippen molar-refractivity contribution < 1.29 is 9.90 Å². The van der Waals surface area contributed by atoms with Gasteiger partial charge in [0.25, 0.3) is 11.5 Å². The number of aromatic amines is 1. The molecule has 1 amide bonds. The zero-order valence-corrected chi connectivity index (χ0v) is 21.4. The van der Waals surface area contributed by atoms with Crippen LogP contribution < -0.4 is 10.9 Å². The van der Waals surface area contributed by atoms with Crippen LogP contribution in [0, 0.1) is 6.92 Å². The molecule has 0 aliphatic heterocycles. The topological polar surface area (TPSA) is 116 Å². The summed E-state index contributed by atoms with van der Waals surface area (Å²) >= 11 is 0. The van der Waals surface area contributed by atoms with Crippen LogP contribution in [0.4, 0.5) is 0 Å². The molecule has 1 unspecified atom stereocenters. The van der Waals surface area contributed by atoms with E-state index in [0.717, 1.165) is 34.1 Å². The van der Waals surface area contributed by atoms with E-state index in [9.17, 15) is 14.7 Å². The third kappa shape index (κ3) is 5.20. The van der Waals surface area contributed by atoms with Crippen LogP contribution in [0.3, 0.4) is 0 Å². The summed E-state index contributed by atoms with van der Waals surface area (Å²) in [4.78, 5) is 35.7. The number of aryl methyl sites for hydroxylation is 1. The number of aliphatic hydroxyl groups excluding tert-OH is 1. The minimum Gasteiger partial charge on any atom is -0.395 e. The highest BCUT2D eigenvalue weighted by molar-refractivity contribution is 5.94. The fourth-order valence-corrected chi connectivity index (χ4v) is 4.64. The second-order valence-electron chi connectivity index (χ2n) is 9.28. The van der Waals surface area contributed by atoms with Crippen LogP contribution in [0.5, 0.6) is 0 Å². The van der Waals surface area contributed by atoms with Crippen molar-refractivity contribution >= 4 is 22.3 Å². The van der Waals surface area contributed by atoms with E-state index in [1.807, 2.05) is 68.4 Å². The summed E-state index contributed by atoms with van der Waals surface area (Å²) in [5.41, 5.74) is 4.29. The molecular weight excluding hydrogens is 480 g/mol. The predicted molar refractivity (Wildman–Crippen MR) is 147 cm³/mol. The lowest BCUT2D eigenvalue weighted by Crippen LogP contribution is -2.39. The summed E-state index contributed by atoms with van der Waals surface area (Å²) in [6.45, 7) is 5.83. The molecule has 38 heavy (non-hydrogen) atoms. The molecule has 1 atom stereocenters. The van der Waals surface area contributed by atoms with Crippen LogP contribution >= 0.6 is 0 Å². The summed E-state index contributed by atoms with van der Waals surface area (Å²) in [7, 11) is 0. The van der Waals surface area contributed by atoms with Gasteiger partial charge in [0.15, 0.2) is 5.69 Å². The molecule has 3 N–H and O–H groups in total. The van der Waals surface area contributed by atoms with Gasteiger partial charge in [-0.15, -0.1) is 0 Å². The van der Waals surface area contributed by atoms with E-state index in [0.29, 0.717) is 18.8 Å². The van der Waals surface area contributed by atoms with E-state index in [1.54, 1.807) is 12.4 Å². The quantitative estimate of drug-likeness (QED) is 0.280. The summed E-state index contributed by atoms with van der Waals surface area (Å²) in [5, 5.41) is 17.9. The van der Waals surface area contributed by atoms with Crippen LogP contribution in [0.1, 0.15) is 34.6 Å². The van der Waals surface area contributed by atoms with Crippen molar-refractivity contribution in [1.82, 2.24) is 29.8 Å². The number of carbonyl (C=O) groups is 1. The molecule has 0 spiro atoms. The Kier molecular flexibility index (Phi) is 7.30. The molecule has 0 aliphatic carbocycles. The minimum atomic E-state index is -0.383. The molecule has 0 saturated heterocycles. The fourth-order valence-electron chi connectivity index (χ4n) is 4.64. The van der Waals surface area contributed by atoms with E-state index >= 15 is 0 Å². The van der Waals surface area contributed by atoms with Crippen molar-refractivity contribution in [1.29, 1.82) is 0 Å². The molecule has 3 aromatic heterocycles. The fraction of sp³-hybridized carbons (Fsp3) is 0.241. The summed E-state index contributed by atoms with van der Waals surface area (Å²) in [6.07, 6.45) is 3.41. The molecule has 0 aliphatic rings. The Bertz CT molecular complexity index is 1640. The number of rotatable bonds is 9. The predicted octanol–water partition coefficient (Wildman–Crippen LogP) is 3.33. The number of fused-ring (bicyclic) bond motifs is 2. The Morgan fingerprint density at radius 1 is 1.16 bits per heavy atom. The maximum absolute atomic E-state index is 13.3. The molecule has 5 aromatic rings. The second kappa shape index (κ2) is 11.0. The number of nitrogens with zero attached hydrogens (tertiary/aromatic N) is 4. The normalized spacial score (nSPS) is 12.3. The smallest absolute Gasteiger partial charge is 0.274 e. The Balaban J connectivity index is 1.45. The van der Waals surface area contributed by atoms with Gasteiger partial charge in [-0.3, -0.25) is 19.5 Å². The first kappa shape index (κ1) is 25.3. The number of H-pyrrole nitrogens is 1. The van der Waals surface area contributed by atoms with Gasteiger partial charge in [0.05, 0.1) is 30.1 Å². The minimum absolute atomic E-state index is 0.0349. The molecule has 0 saturated carbocycles. The number of hydrogen-bond donors (Lipinski definition) is 3. The van der Waals surface area contributed by atoms with Gasteiger partial charge in [0, 0.05) is 36.3 Å².